The predicted molar refractivity (Wildman–Crippen MR) is 72.5 cm³/mol. The van der Waals surface area contributed by atoms with Crippen molar-refractivity contribution in [1.29, 1.82) is 0 Å². The van der Waals surface area contributed by atoms with Crippen LogP contribution in [0.3, 0.4) is 0 Å². The number of hydrogen-bond acceptors (Lipinski definition) is 2. The van der Waals surface area contributed by atoms with Gasteiger partial charge in [-0.2, -0.15) is 0 Å². The van der Waals surface area contributed by atoms with E-state index in [4.69, 9.17) is 11.6 Å². The van der Waals surface area contributed by atoms with Crippen molar-refractivity contribution in [1.82, 2.24) is 4.98 Å². The van der Waals surface area contributed by atoms with Crippen molar-refractivity contribution in [2.24, 2.45) is 0 Å². The summed E-state index contributed by atoms with van der Waals surface area (Å²) in [6.07, 6.45) is 1.72. The molecule has 0 aliphatic heterocycles. The maximum atomic E-state index is 6.06. The first-order valence-electron chi connectivity index (χ1n) is 5.58. The maximum Gasteiger partial charge on any atom is 0.152 e. The minimum atomic E-state index is 0.526. The highest BCUT2D eigenvalue weighted by Gasteiger charge is 2.04. The van der Waals surface area contributed by atoms with Gasteiger partial charge in [-0.15, -0.1) is 0 Å². The van der Waals surface area contributed by atoms with Gasteiger partial charge in [0.1, 0.15) is 0 Å². The standard InChI is InChI=1S/C14H15ClN2/c1-10-5-3-4-6-12(10)9-17-13-11(2)7-8-16-14(13)15/h3-8,17H,9H2,1-2H3. The normalized spacial score (nSPS) is 10.3. The zero-order valence-corrected chi connectivity index (χ0v) is 10.8. The molecule has 0 unspecified atom stereocenters. The number of halogens is 1. The molecule has 0 saturated heterocycles. The van der Waals surface area contributed by atoms with Gasteiger partial charge in [0.2, 0.25) is 0 Å². The molecule has 88 valence electrons. The van der Waals surface area contributed by atoms with E-state index in [0.717, 1.165) is 17.8 Å². The molecule has 0 bridgehead atoms. The van der Waals surface area contributed by atoms with Gasteiger partial charge < -0.3 is 5.32 Å². The Balaban J connectivity index is 2.16. The highest BCUT2D eigenvalue weighted by atomic mass is 35.5. The van der Waals surface area contributed by atoms with Crippen LogP contribution in [-0.4, -0.2) is 4.98 Å². The lowest BCUT2D eigenvalue weighted by Gasteiger charge is -2.12. The van der Waals surface area contributed by atoms with E-state index in [-0.39, 0.29) is 0 Å². The first kappa shape index (κ1) is 11.9. The van der Waals surface area contributed by atoms with Gasteiger partial charge in [0.15, 0.2) is 5.15 Å². The Labute approximate surface area is 107 Å². The quantitative estimate of drug-likeness (QED) is 0.829. The average Bonchev–Trinajstić information content (AvgIpc) is 2.30. The van der Waals surface area contributed by atoms with Crippen molar-refractivity contribution in [3.8, 4) is 0 Å². The summed E-state index contributed by atoms with van der Waals surface area (Å²) < 4.78 is 0. The van der Waals surface area contributed by atoms with E-state index in [1.165, 1.54) is 11.1 Å². The van der Waals surface area contributed by atoms with Gasteiger partial charge in [-0.05, 0) is 36.6 Å². The van der Waals surface area contributed by atoms with Gasteiger partial charge in [0.25, 0.3) is 0 Å². The number of pyridine rings is 1. The van der Waals surface area contributed by atoms with Crippen LogP contribution in [-0.2, 0) is 6.54 Å². The largest absolute Gasteiger partial charge is 0.378 e. The fourth-order valence-corrected chi connectivity index (χ4v) is 2.00. The van der Waals surface area contributed by atoms with Crippen molar-refractivity contribution in [2.45, 2.75) is 20.4 Å². The van der Waals surface area contributed by atoms with E-state index >= 15 is 0 Å². The number of anilines is 1. The minimum Gasteiger partial charge on any atom is -0.378 e. The van der Waals surface area contributed by atoms with Gasteiger partial charge in [-0.3, -0.25) is 0 Å². The number of aryl methyl sites for hydroxylation is 2. The molecule has 2 nitrogen and oxygen atoms in total. The molecule has 1 N–H and O–H groups in total. The lowest BCUT2D eigenvalue weighted by molar-refractivity contribution is 1.10. The van der Waals surface area contributed by atoms with Gasteiger partial charge in [0, 0.05) is 12.7 Å². The van der Waals surface area contributed by atoms with Gasteiger partial charge in [-0.1, -0.05) is 35.9 Å². The summed E-state index contributed by atoms with van der Waals surface area (Å²) in [4.78, 5) is 4.08. The van der Waals surface area contributed by atoms with Crippen molar-refractivity contribution < 1.29 is 0 Å². The maximum absolute atomic E-state index is 6.06. The number of nitrogens with zero attached hydrogens (tertiary/aromatic N) is 1. The molecule has 2 rings (SSSR count). The second kappa shape index (κ2) is 5.19. The summed E-state index contributed by atoms with van der Waals surface area (Å²) in [5, 5.41) is 3.87. The molecule has 2 aromatic rings. The van der Waals surface area contributed by atoms with E-state index in [0.29, 0.717) is 5.15 Å². The number of nitrogens with one attached hydrogen (secondary N) is 1. The average molecular weight is 247 g/mol. The van der Waals surface area contributed by atoms with Crippen molar-refractivity contribution in [3.05, 3.63) is 58.4 Å². The summed E-state index contributed by atoms with van der Waals surface area (Å²) in [5.41, 5.74) is 4.57. The zero-order chi connectivity index (χ0) is 12.3. The molecule has 3 heteroatoms. The van der Waals surface area contributed by atoms with Gasteiger partial charge in [-0.25, -0.2) is 4.98 Å². The summed E-state index contributed by atoms with van der Waals surface area (Å²) in [6.45, 7) is 4.89. The number of rotatable bonds is 3. The van der Waals surface area contributed by atoms with Gasteiger partial charge >= 0.3 is 0 Å². The first-order chi connectivity index (χ1) is 8.18. The number of aromatic nitrogens is 1. The van der Waals surface area contributed by atoms with Crippen molar-refractivity contribution in [3.63, 3.8) is 0 Å². The van der Waals surface area contributed by atoms with Crippen LogP contribution < -0.4 is 5.32 Å². The zero-order valence-electron chi connectivity index (χ0n) is 10.00. The van der Waals surface area contributed by atoms with Crippen LogP contribution >= 0.6 is 11.6 Å². The summed E-state index contributed by atoms with van der Waals surface area (Å²) in [6, 6.07) is 10.3. The molecule has 0 spiro atoms. The Kier molecular flexibility index (Phi) is 3.64. The Bertz CT molecular complexity index is 503. The lowest BCUT2D eigenvalue weighted by atomic mass is 10.1. The third-order valence-electron chi connectivity index (χ3n) is 2.83. The monoisotopic (exact) mass is 246 g/mol. The predicted octanol–water partition coefficient (Wildman–Crippen LogP) is 3.96. The molecule has 0 atom stereocenters. The minimum absolute atomic E-state index is 0.526. The molecule has 17 heavy (non-hydrogen) atoms. The van der Waals surface area contributed by atoms with Crippen LogP contribution in [0.4, 0.5) is 5.69 Å². The molecule has 0 radical (unpaired) electrons. The number of hydrogen-bond donors (Lipinski definition) is 1. The van der Waals surface area contributed by atoms with Crippen LogP contribution in [0.25, 0.3) is 0 Å². The molecule has 0 saturated carbocycles. The molecule has 1 aromatic heterocycles. The van der Waals surface area contributed by atoms with E-state index in [1.807, 2.05) is 25.1 Å². The topological polar surface area (TPSA) is 24.9 Å². The number of benzene rings is 1. The first-order valence-corrected chi connectivity index (χ1v) is 5.96. The summed E-state index contributed by atoms with van der Waals surface area (Å²) >= 11 is 6.06. The summed E-state index contributed by atoms with van der Waals surface area (Å²) in [7, 11) is 0. The van der Waals surface area contributed by atoms with E-state index in [1.54, 1.807) is 6.20 Å². The molecule has 0 aliphatic carbocycles. The third kappa shape index (κ3) is 2.77. The molecule has 0 amide bonds. The van der Waals surface area contributed by atoms with E-state index in [2.05, 4.69) is 29.4 Å². The van der Waals surface area contributed by atoms with Crippen molar-refractivity contribution >= 4 is 17.3 Å². The van der Waals surface area contributed by atoms with Crippen LogP contribution in [0.15, 0.2) is 36.5 Å². The van der Waals surface area contributed by atoms with E-state index < -0.39 is 0 Å². The molecular weight excluding hydrogens is 232 g/mol. The third-order valence-corrected chi connectivity index (χ3v) is 3.12. The SMILES string of the molecule is Cc1ccccc1CNc1c(C)ccnc1Cl. The Morgan fingerprint density at radius 2 is 1.88 bits per heavy atom. The lowest BCUT2D eigenvalue weighted by Crippen LogP contribution is -2.03. The Morgan fingerprint density at radius 1 is 1.12 bits per heavy atom. The summed E-state index contributed by atoms with van der Waals surface area (Å²) in [5.74, 6) is 0. The fraction of sp³-hybridized carbons (Fsp3) is 0.214. The van der Waals surface area contributed by atoms with E-state index in [9.17, 15) is 0 Å². The highest BCUT2D eigenvalue weighted by molar-refractivity contribution is 6.32. The smallest absolute Gasteiger partial charge is 0.152 e. The second-order valence-electron chi connectivity index (χ2n) is 4.07. The van der Waals surface area contributed by atoms with Crippen LogP contribution in [0.2, 0.25) is 5.15 Å². The van der Waals surface area contributed by atoms with Crippen molar-refractivity contribution in [2.75, 3.05) is 5.32 Å². The second-order valence-corrected chi connectivity index (χ2v) is 4.43. The molecule has 1 aromatic carbocycles. The molecular formula is C14H15ClN2. The Hall–Kier alpha value is -1.54. The molecule has 1 heterocycles. The van der Waals surface area contributed by atoms with Crippen LogP contribution in [0.1, 0.15) is 16.7 Å². The van der Waals surface area contributed by atoms with Crippen LogP contribution in [0.5, 0.6) is 0 Å². The van der Waals surface area contributed by atoms with Crippen LogP contribution in [0, 0.1) is 13.8 Å². The Morgan fingerprint density at radius 3 is 2.59 bits per heavy atom. The highest BCUT2D eigenvalue weighted by Crippen LogP contribution is 2.23. The molecule has 0 fully saturated rings. The molecule has 0 aliphatic rings. The fourth-order valence-electron chi connectivity index (χ4n) is 1.73. The van der Waals surface area contributed by atoms with Gasteiger partial charge in [0.05, 0.1) is 5.69 Å².